The second kappa shape index (κ2) is 19.0. The number of aromatic nitrogens is 3. The van der Waals surface area contributed by atoms with Crippen molar-refractivity contribution < 1.29 is 0 Å². The first-order chi connectivity index (χ1) is 33.2. The number of benzene rings is 9. The molecule has 10 rings (SSSR count). The molecule has 4 nitrogen and oxygen atoms in total. The van der Waals surface area contributed by atoms with Crippen LogP contribution in [0, 0.1) is 41.5 Å². The third-order valence-electron chi connectivity index (χ3n) is 13.1. The van der Waals surface area contributed by atoms with Gasteiger partial charge in [0.05, 0.1) is 5.69 Å². The van der Waals surface area contributed by atoms with Crippen LogP contribution in [0.15, 0.2) is 212 Å². The molecule has 0 unspecified atom stereocenters. The van der Waals surface area contributed by atoms with Gasteiger partial charge in [0.25, 0.3) is 0 Å². The molecule has 0 fully saturated rings. The highest BCUT2D eigenvalue weighted by molar-refractivity contribution is 6.96. The molecular weight excluding hydrogens is 824 g/mol. The predicted octanol–water partition coefficient (Wildman–Crippen LogP) is 14.0. The van der Waals surface area contributed by atoms with Crippen LogP contribution in [0.25, 0.3) is 56.2 Å². The molecular formula is C63H53BN4. The normalized spacial score (nSPS) is 11.1. The predicted molar refractivity (Wildman–Crippen MR) is 288 cm³/mol. The summed E-state index contributed by atoms with van der Waals surface area (Å²) < 4.78 is 0. The molecule has 5 heteroatoms. The molecule has 0 atom stereocenters. The maximum Gasteiger partial charge on any atom is 0.242 e. The van der Waals surface area contributed by atoms with Crippen molar-refractivity contribution in [1.29, 1.82) is 0 Å². The lowest BCUT2D eigenvalue weighted by atomic mass is 9.34. The van der Waals surface area contributed by atoms with Crippen molar-refractivity contribution in [3.05, 3.63) is 246 Å². The molecule has 0 amide bonds. The third-order valence-corrected chi connectivity index (χ3v) is 13.1. The van der Waals surface area contributed by atoms with Crippen LogP contribution in [0.1, 0.15) is 33.4 Å². The maximum absolute atomic E-state index is 5.40. The summed E-state index contributed by atoms with van der Waals surface area (Å²) in [6, 6.07) is 75.5. The average molecular weight is 877 g/mol. The van der Waals surface area contributed by atoms with Gasteiger partial charge in [-0.3, -0.25) is 4.90 Å². The van der Waals surface area contributed by atoms with E-state index in [4.69, 9.17) is 15.0 Å². The van der Waals surface area contributed by atoms with Crippen molar-refractivity contribution in [1.82, 2.24) is 15.0 Å². The van der Waals surface area contributed by atoms with E-state index in [-0.39, 0.29) is 6.71 Å². The standard InChI is InChI=1S/C63H53BN4/c1-42-38-44(3)59(45(4)39-42)64(60-46(5)40-43(2)41-47(60)6)53-34-36-54(37-35-53)68(58-29-19-18-28-57(58)49-22-12-8-13-23-49)63-66-61(51-24-14-9-15-25-51)65-62(67-63)52-32-30-50(31-33-52)56-27-17-16-26-55(56)48-20-10-7-11-21-48/h7-41H,1-6H3. The highest BCUT2D eigenvalue weighted by atomic mass is 15.3. The number of anilines is 3. The lowest BCUT2D eigenvalue weighted by Gasteiger charge is -2.28. The molecule has 0 saturated heterocycles. The van der Waals surface area contributed by atoms with Crippen LogP contribution in [0.5, 0.6) is 0 Å². The molecule has 0 aliphatic carbocycles. The fraction of sp³-hybridized carbons (Fsp3) is 0.0952. The molecule has 328 valence electrons. The molecule has 0 aliphatic rings. The molecule has 10 aromatic rings. The van der Waals surface area contributed by atoms with Crippen LogP contribution in [0.2, 0.25) is 0 Å². The Kier molecular flexibility index (Phi) is 12.2. The summed E-state index contributed by atoms with van der Waals surface area (Å²) in [5, 5.41) is 0. The number of rotatable bonds is 11. The fourth-order valence-electron chi connectivity index (χ4n) is 10.2. The van der Waals surface area contributed by atoms with Crippen molar-refractivity contribution in [2.75, 3.05) is 4.90 Å². The summed E-state index contributed by atoms with van der Waals surface area (Å²) in [4.78, 5) is 18.1. The molecule has 0 radical (unpaired) electrons. The molecule has 0 bridgehead atoms. The van der Waals surface area contributed by atoms with Crippen LogP contribution in [0.3, 0.4) is 0 Å². The first-order valence-electron chi connectivity index (χ1n) is 23.5. The lowest BCUT2D eigenvalue weighted by molar-refractivity contribution is 1.02. The summed E-state index contributed by atoms with van der Waals surface area (Å²) in [5.41, 5.74) is 22.2. The number of aryl methyl sites for hydroxylation is 6. The second-order valence-electron chi connectivity index (χ2n) is 18.0. The Hall–Kier alpha value is -8.15. The Bertz CT molecular complexity index is 3280. The second-order valence-corrected chi connectivity index (χ2v) is 18.0. The van der Waals surface area contributed by atoms with Crippen LogP contribution in [-0.4, -0.2) is 21.7 Å². The molecule has 68 heavy (non-hydrogen) atoms. The fourth-order valence-corrected chi connectivity index (χ4v) is 10.2. The van der Waals surface area contributed by atoms with Gasteiger partial charge in [0, 0.05) is 22.4 Å². The summed E-state index contributed by atoms with van der Waals surface area (Å²) in [5.74, 6) is 1.71. The third kappa shape index (κ3) is 8.79. The highest BCUT2D eigenvalue weighted by Crippen LogP contribution is 2.40. The Labute approximate surface area is 401 Å². The zero-order chi connectivity index (χ0) is 46.7. The van der Waals surface area contributed by atoms with Gasteiger partial charge in [0.1, 0.15) is 0 Å². The van der Waals surface area contributed by atoms with E-state index in [9.17, 15) is 0 Å². The Morgan fingerprint density at radius 2 is 0.706 bits per heavy atom. The van der Waals surface area contributed by atoms with Gasteiger partial charge in [0.15, 0.2) is 11.6 Å². The zero-order valence-corrected chi connectivity index (χ0v) is 39.6. The molecule has 9 aromatic carbocycles. The minimum Gasteiger partial charge on any atom is -0.278 e. The van der Waals surface area contributed by atoms with Gasteiger partial charge in [-0.05, 0) is 87.6 Å². The van der Waals surface area contributed by atoms with Crippen LogP contribution in [-0.2, 0) is 0 Å². The van der Waals surface area contributed by atoms with E-state index in [0.717, 1.165) is 39.2 Å². The minimum atomic E-state index is 0.0337. The number of para-hydroxylation sites is 1. The number of hydrogen-bond acceptors (Lipinski definition) is 4. The monoisotopic (exact) mass is 876 g/mol. The van der Waals surface area contributed by atoms with Gasteiger partial charge in [-0.15, -0.1) is 0 Å². The van der Waals surface area contributed by atoms with E-state index in [2.05, 4.69) is 241 Å². The van der Waals surface area contributed by atoms with Crippen molar-refractivity contribution >= 4 is 40.4 Å². The topological polar surface area (TPSA) is 41.9 Å². The molecule has 0 N–H and O–H groups in total. The number of nitrogens with zero attached hydrogens (tertiary/aromatic N) is 4. The van der Waals surface area contributed by atoms with Gasteiger partial charge >= 0.3 is 0 Å². The summed E-state index contributed by atoms with van der Waals surface area (Å²) in [6.45, 7) is 13.5. The van der Waals surface area contributed by atoms with Crippen LogP contribution >= 0.6 is 0 Å². The van der Waals surface area contributed by atoms with Crippen molar-refractivity contribution in [3.63, 3.8) is 0 Å². The molecule has 1 aromatic heterocycles. The van der Waals surface area contributed by atoms with Gasteiger partial charge in [0.2, 0.25) is 12.7 Å². The first kappa shape index (κ1) is 43.7. The van der Waals surface area contributed by atoms with Crippen LogP contribution < -0.4 is 21.3 Å². The van der Waals surface area contributed by atoms with E-state index in [0.29, 0.717) is 17.6 Å². The Morgan fingerprint density at radius 1 is 0.338 bits per heavy atom. The minimum absolute atomic E-state index is 0.0337. The van der Waals surface area contributed by atoms with Crippen LogP contribution in [0.4, 0.5) is 17.3 Å². The maximum atomic E-state index is 5.40. The lowest BCUT2D eigenvalue weighted by Crippen LogP contribution is -2.55. The molecule has 1 heterocycles. The SMILES string of the molecule is Cc1cc(C)c(B(c2ccc(N(c3nc(-c4ccccc4)nc(-c4ccc(-c5ccccc5-c5ccccc5)cc4)n3)c3ccccc3-c3ccccc3)cc2)c2c(C)cc(C)cc2C)c(C)c1. The Morgan fingerprint density at radius 3 is 1.19 bits per heavy atom. The van der Waals surface area contributed by atoms with Gasteiger partial charge < -0.3 is 0 Å². The average Bonchev–Trinajstić information content (AvgIpc) is 3.36. The van der Waals surface area contributed by atoms with Gasteiger partial charge in [-0.2, -0.15) is 9.97 Å². The van der Waals surface area contributed by atoms with Crippen molar-refractivity contribution in [3.8, 4) is 56.2 Å². The largest absolute Gasteiger partial charge is 0.278 e. The molecule has 0 saturated carbocycles. The van der Waals surface area contributed by atoms with E-state index in [1.54, 1.807) is 0 Å². The number of hydrogen-bond donors (Lipinski definition) is 0. The first-order valence-corrected chi connectivity index (χ1v) is 23.5. The quantitative estimate of drug-likeness (QED) is 0.121. The summed E-state index contributed by atoms with van der Waals surface area (Å²) in [7, 11) is 0. The van der Waals surface area contributed by atoms with Crippen molar-refractivity contribution in [2.45, 2.75) is 41.5 Å². The summed E-state index contributed by atoms with van der Waals surface area (Å²) in [6.07, 6.45) is 0. The Balaban J connectivity index is 1.15. The van der Waals surface area contributed by atoms with E-state index in [1.165, 1.54) is 66.5 Å². The highest BCUT2D eigenvalue weighted by Gasteiger charge is 2.29. The van der Waals surface area contributed by atoms with E-state index >= 15 is 0 Å². The van der Waals surface area contributed by atoms with Gasteiger partial charge in [-0.25, -0.2) is 4.98 Å². The summed E-state index contributed by atoms with van der Waals surface area (Å²) >= 11 is 0. The van der Waals surface area contributed by atoms with E-state index < -0.39 is 0 Å². The van der Waals surface area contributed by atoms with Gasteiger partial charge in [-0.1, -0.05) is 244 Å². The smallest absolute Gasteiger partial charge is 0.242 e. The van der Waals surface area contributed by atoms with E-state index in [1.807, 2.05) is 18.2 Å². The molecule has 0 aliphatic heterocycles. The molecule has 0 spiro atoms. The van der Waals surface area contributed by atoms with Crippen molar-refractivity contribution in [2.24, 2.45) is 0 Å². The zero-order valence-electron chi connectivity index (χ0n) is 39.6.